The van der Waals surface area contributed by atoms with Crippen LogP contribution in [0.3, 0.4) is 0 Å². The van der Waals surface area contributed by atoms with E-state index in [1.165, 1.54) is 12.1 Å². The van der Waals surface area contributed by atoms with Gasteiger partial charge in [-0.25, -0.2) is 0 Å². The Morgan fingerprint density at radius 1 is 1.06 bits per heavy atom. The predicted molar refractivity (Wildman–Crippen MR) is 121 cm³/mol. The van der Waals surface area contributed by atoms with Gasteiger partial charge in [0.2, 0.25) is 11.7 Å². The molecule has 0 unspecified atom stereocenters. The number of pyridine rings is 1. The highest BCUT2D eigenvalue weighted by Crippen LogP contribution is 2.34. The molecule has 5 rings (SSSR count). The molecule has 0 spiro atoms. The fourth-order valence-corrected chi connectivity index (χ4v) is 4.11. The van der Waals surface area contributed by atoms with Gasteiger partial charge in [0.15, 0.2) is 0 Å². The van der Waals surface area contributed by atoms with Crippen molar-refractivity contribution in [3.05, 3.63) is 89.6 Å². The summed E-state index contributed by atoms with van der Waals surface area (Å²) in [5.74, 6) is 0.717. The Bertz CT molecular complexity index is 1210. The maximum Gasteiger partial charge on any atom is 0.244 e. The second-order valence-corrected chi connectivity index (χ2v) is 8.03. The maximum absolute atomic E-state index is 11.2. The minimum atomic E-state index is -0.495. The first-order valence-corrected chi connectivity index (χ1v) is 10.6. The molecule has 0 radical (unpaired) electrons. The molecule has 1 saturated heterocycles. The lowest BCUT2D eigenvalue weighted by molar-refractivity contribution is 0.169. The second-order valence-electron chi connectivity index (χ2n) is 8.03. The zero-order valence-corrected chi connectivity index (χ0v) is 17.7. The monoisotopic (exact) mass is 444 g/mol. The molecule has 168 valence electrons. The highest BCUT2D eigenvalue weighted by Gasteiger charge is 2.36. The molecule has 2 aromatic carbocycles. The highest BCUT2D eigenvalue weighted by atomic mass is 16.8. The largest absolute Gasteiger partial charge is 0.733 e. The molecule has 2 aromatic heterocycles. The summed E-state index contributed by atoms with van der Waals surface area (Å²) < 4.78 is 5.52. The van der Waals surface area contributed by atoms with Gasteiger partial charge in [0.25, 0.3) is 0 Å². The van der Waals surface area contributed by atoms with Gasteiger partial charge in [-0.05, 0) is 36.2 Å². The summed E-state index contributed by atoms with van der Waals surface area (Å²) in [5, 5.41) is 34.4. The highest BCUT2D eigenvalue weighted by molar-refractivity contribution is 5.62. The average molecular weight is 444 g/mol. The second kappa shape index (κ2) is 9.08. The van der Waals surface area contributed by atoms with Crippen LogP contribution >= 0.6 is 0 Å². The van der Waals surface area contributed by atoms with E-state index in [4.69, 9.17) is 9.73 Å². The van der Waals surface area contributed by atoms with Crippen LogP contribution in [0.1, 0.15) is 23.9 Å². The number of anilines is 1. The topological polar surface area (TPSA) is 122 Å². The third kappa shape index (κ3) is 4.62. The van der Waals surface area contributed by atoms with E-state index in [0.29, 0.717) is 36.8 Å². The first-order valence-electron chi connectivity index (χ1n) is 10.6. The van der Waals surface area contributed by atoms with Crippen molar-refractivity contribution < 1.29 is 14.8 Å². The molecule has 0 amide bonds. The molecule has 2 N–H and O–H groups in total. The number of aromatic nitrogens is 3. The van der Waals surface area contributed by atoms with Crippen molar-refractivity contribution in [2.45, 2.75) is 25.1 Å². The zero-order valence-electron chi connectivity index (χ0n) is 17.7. The van der Waals surface area contributed by atoms with Crippen LogP contribution in [0.5, 0.6) is 0 Å². The Balaban J connectivity index is 1.33. The van der Waals surface area contributed by atoms with E-state index in [2.05, 4.69) is 32.2 Å². The normalized spacial score (nSPS) is 18.5. The van der Waals surface area contributed by atoms with Crippen LogP contribution in [-0.4, -0.2) is 43.0 Å². The fourth-order valence-electron chi connectivity index (χ4n) is 4.11. The van der Waals surface area contributed by atoms with Crippen LogP contribution in [0.25, 0.3) is 22.6 Å². The maximum atomic E-state index is 11.2. The summed E-state index contributed by atoms with van der Waals surface area (Å²) in [6.45, 7) is 1.11. The van der Waals surface area contributed by atoms with Gasteiger partial charge in [-0.1, -0.05) is 47.6 Å². The van der Waals surface area contributed by atoms with Crippen LogP contribution in [0.15, 0.2) is 77.4 Å². The van der Waals surface area contributed by atoms with Gasteiger partial charge in [0.05, 0.1) is 23.5 Å². The molecule has 0 bridgehead atoms. The molecule has 3 heterocycles. The summed E-state index contributed by atoms with van der Waals surface area (Å²) >= 11 is 0. The van der Waals surface area contributed by atoms with Crippen molar-refractivity contribution in [2.75, 3.05) is 11.8 Å². The van der Waals surface area contributed by atoms with Crippen molar-refractivity contribution >= 4 is 5.69 Å². The third-order valence-electron chi connectivity index (χ3n) is 5.73. The van der Waals surface area contributed by atoms with E-state index in [-0.39, 0.29) is 17.0 Å². The van der Waals surface area contributed by atoms with Crippen molar-refractivity contribution in [3.8, 4) is 22.6 Å². The number of hydrogen-bond acceptors (Lipinski definition) is 9. The average Bonchev–Trinajstić information content (AvgIpc) is 3.47. The predicted octanol–water partition coefficient (Wildman–Crippen LogP) is 3.80. The molecule has 0 saturated carbocycles. The van der Waals surface area contributed by atoms with Gasteiger partial charge in [-0.15, -0.1) is 0 Å². The molecule has 1 fully saturated rings. The molecule has 1 aliphatic heterocycles. The van der Waals surface area contributed by atoms with Crippen LogP contribution in [0.4, 0.5) is 5.69 Å². The Morgan fingerprint density at radius 3 is 2.67 bits per heavy atom. The number of nitrogens with zero attached hydrogens (tertiary/aromatic N) is 5. The lowest BCUT2D eigenvalue weighted by Crippen LogP contribution is -2.24. The van der Waals surface area contributed by atoms with Gasteiger partial charge in [-0.2, -0.15) is 4.98 Å². The lowest BCUT2D eigenvalue weighted by Gasteiger charge is -2.21. The van der Waals surface area contributed by atoms with E-state index in [1.807, 2.05) is 30.3 Å². The van der Waals surface area contributed by atoms with Crippen LogP contribution < -0.4 is 5.23 Å². The van der Waals surface area contributed by atoms with E-state index in [1.54, 1.807) is 18.3 Å². The van der Waals surface area contributed by atoms with E-state index >= 15 is 0 Å². The first-order chi connectivity index (χ1) is 16.1. The molecule has 33 heavy (non-hydrogen) atoms. The van der Waals surface area contributed by atoms with Gasteiger partial charge >= 0.3 is 0 Å². The quantitative estimate of drug-likeness (QED) is 0.428. The lowest BCUT2D eigenvalue weighted by atomic mass is 10.1. The minimum absolute atomic E-state index is 0.0749. The Kier molecular flexibility index (Phi) is 5.84. The number of rotatable bonds is 6. The van der Waals surface area contributed by atoms with Crippen LogP contribution in [0, 0.1) is 5.21 Å². The summed E-state index contributed by atoms with van der Waals surface area (Å²) in [5.41, 5.74) is 3.68. The van der Waals surface area contributed by atoms with Crippen molar-refractivity contribution in [1.29, 1.82) is 0 Å². The fraction of sp³-hybridized carbons (Fsp3) is 0.208. The summed E-state index contributed by atoms with van der Waals surface area (Å²) in [7, 11) is 0. The number of benzene rings is 2. The number of likely N-dealkylation sites (tertiary alicyclic amines) is 1. The molecular weight excluding hydrogens is 422 g/mol. The zero-order chi connectivity index (χ0) is 22.8. The SMILES string of the molecule is [O-]N(O)c1cccc(-c2noc([C@@H]3C[C@@H](O)CN3Cc3ccc(-c4ccccn4)cc3)n2)c1. The Hall–Kier alpha value is -3.63. The van der Waals surface area contributed by atoms with Gasteiger partial charge in [-0.3, -0.25) is 15.1 Å². The molecule has 0 aliphatic carbocycles. The summed E-state index contributed by atoms with van der Waals surface area (Å²) in [6, 6.07) is 20.1. The molecule has 9 nitrogen and oxygen atoms in total. The molecule has 2 atom stereocenters. The van der Waals surface area contributed by atoms with Crippen molar-refractivity contribution in [2.24, 2.45) is 0 Å². The van der Waals surface area contributed by atoms with E-state index < -0.39 is 6.10 Å². The van der Waals surface area contributed by atoms with Crippen LogP contribution in [0.2, 0.25) is 0 Å². The van der Waals surface area contributed by atoms with Crippen molar-refractivity contribution in [3.63, 3.8) is 0 Å². The molecule has 4 aromatic rings. The number of β-amino-alcohol motifs (C(OH)–C–C–N with tert-alkyl or cyclic N) is 1. The van der Waals surface area contributed by atoms with E-state index in [9.17, 15) is 10.3 Å². The van der Waals surface area contributed by atoms with Gasteiger partial charge in [0, 0.05) is 30.4 Å². The minimum Gasteiger partial charge on any atom is -0.733 e. The number of hydrogen-bond donors (Lipinski definition) is 2. The third-order valence-corrected chi connectivity index (χ3v) is 5.73. The molecular formula is C24H22N5O4-. The van der Waals surface area contributed by atoms with Crippen LogP contribution in [-0.2, 0) is 6.54 Å². The smallest absolute Gasteiger partial charge is 0.244 e. The Morgan fingerprint density at radius 2 is 1.91 bits per heavy atom. The first kappa shape index (κ1) is 21.2. The molecule has 9 heteroatoms. The molecule has 1 aliphatic rings. The van der Waals surface area contributed by atoms with Gasteiger partial charge in [0.1, 0.15) is 0 Å². The van der Waals surface area contributed by atoms with Crippen molar-refractivity contribution in [1.82, 2.24) is 20.0 Å². The summed E-state index contributed by atoms with van der Waals surface area (Å²) in [4.78, 5) is 11.0. The summed E-state index contributed by atoms with van der Waals surface area (Å²) in [6.07, 6.45) is 1.76. The number of aliphatic hydroxyl groups is 1. The van der Waals surface area contributed by atoms with Gasteiger partial charge < -0.3 is 20.1 Å². The standard InChI is InChI=1S/C24H22N5O4/c30-20-13-22(24-26-23(27-33-24)18-4-3-5-19(12-18)29(31)32)28(15-20)14-16-7-9-17(10-8-16)21-6-1-2-11-25-21/h1-12,20,22,30-31H,13-15H2/q-1/t20-,22+/m1/s1. The number of aliphatic hydroxyl groups excluding tert-OH is 1. The Labute approximate surface area is 190 Å². The van der Waals surface area contributed by atoms with E-state index in [0.717, 1.165) is 16.8 Å².